The maximum Gasteiger partial charge on any atom is 0.215 e. The van der Waals surface area contributed by atoms with E-state index >= 15 is 0 Å². The maximum atomic E-state index is 11.6. The van der Waals surface area contributed by atoms with Crippen LogP contribution in [0.3, 0.4) is 0 Å². The number of hydrogen-bond donors (Lipinski definition) is 3. The zero-order chi connectivity index (χ0) is 20.7. The lowest BCUT2D eigenvalue weighted by atomic mass is 10.1. The fourth-order valence-corrected chi connectivity index (χ4v) is 4.15. The first kappa shape index (κ1) is 24.4. The number of guanidine groups is 1. The summed E-state index contributed by atoms with van der Waals surface area (Å²) in [5.41, 5.74) is 3.08. The van der Waals surface area contributed by atoms with Crippen molar-refractivity contribution in [1.29, 1.82) is 0 Å². The Morgan fingerprint density at radius 1 is 1.10 bits per heavy atom. The Hall–Kier alpha value is -1.85. The second kappa shape index (κ2) is 11.5. The third-order valence-electron chi connectivity index (χ3n) is 5.02. The fourth-order valence-electron chi connectivity index (χ4n) is 3.37. The minimum Gasteiger partial charge on any atom is -0.369 e. The molecule has 0 radical (unpaired) electrons. The normalized spacial score (nSPS) is 16.8. The third-order valence-corrected chi connectivity index (χ3v) is 6.36. The summed E-state index contributed by atoms with van der Waals surface area (Å²) in [4.78, 5) is 6.71. The van der Waals surface area contributed by atoms with Crippen LogP contribution in [0.1, 0.15) is 17.5 Å². The highest BCUT2D eigenvalue weighted by Gasteiger charge is 2.23. The summed E-state index contributed by atoms with van der Waals surface area (Å²) in [5.74, 6) is 0.756. The molecule has 1 heterocycles. The highest BCUT2D eigenvalue weighted by atomic mass is 127. The smallest absolute Gasteiger partial charge is 0.215 e. The molecule has 2 aromatic rings. The van der Waals surface area contributed by atoms with Crippen molar-refractivity contribution in [1.82, 2.24) is 15.4 Å². The van der Waals surface area contributed by atoms with Gasteiger partial charge in [-0.3, -0.25) is 4.99 Å². The highest BCUT2D eigenvalue weighted by Crippen LogP contribution is 2.19. The van der Waals surface area contributed by atoms with E-state index in [1.165, 1.54) is 12.7 Å². The second-order valence-electron chi connectivity index (χ2n) is 7.12. The van der Waals surface area contributed by atoms with Crippen LogP contribution in [0.15, 0.2) is 59.6 Å². The van der Waals surface area contributed by atoms with E-state index in [1.54, 1.807) is 7.05 Å². The molecule has 30 heavy (non-hydrogen) atoms. The molecule has 3 N–H and O–H groups in total. The zero-order valence-electron chi connectivity index (χ0n) is 17.3. The molecule has 0 aliphatic carbocycles. The highest BCUT2D eigenvalue weighted by molar-refractivity contribution is 14.0. The Bertz CT molecular complexity index is 920. The van der Waals surface area contributed by atoms with Gasteiger partial charge in [0.25, 0.3) is 0 Å². The van der Waals surface area contributed by atoms with Crippen LogP contribution in [0.4, 0.5) is 5.69 Å². The number of benzene rings is 2. The third kappa shape index (κ3) is 7.13. The quantitative estimate of drug-likeness (QED) is 0.284. The van der Waals surface area contributed by atoms with Crippen molar-refractivity contribution >= 4 is 45.6 Å². The molecule has 2 aromatic carbocycles. The first-order valence-electron chi connectivity index (χ1n) is 9.75. The summed E-state index contributed by atoms with van der Waals surface area (Å²) in [6.07, 6.45) is 1.06. The number of para-hydroxylation sites is 1. The van der Waals surface area contributed by atoms with Crippen LogP contribution in [0.2, 0.25) is 0 Å². The summed E-state index contributed by atoms with van der Waals surface area (Å²) in [6.45, 7) is 2.59. The summed E-state index contributed by atoms with van der Waals surface area (Å²) in [5, 5.41) is 6.83. The van der Waals surface area contributed by atoms with E-state index in [9.17, 15) is 8.42 Å². The molecule has 0 spiro atoms. The first-order valence-corrected chi connectivity index (χ1v) is 11.4. The number of sulfonamides is 1. The molecule has 1 aliphatic rings. The lowest BCUT2D eigenvalue weighted by molar-refractivity contribution is 0.587. The second-order valence-corrected chi connectivity index (χ2v) is 9.04. The molecular weight excluding hydrogens is 513 g/mol. The van der Waals surface area contributed by atoms with Gasteiger partial charge >= 0.3 is 0 Å². The minimum atomic E-state index is -3.25. The van der Waals surface area contributed by atoms with Gasteiger partial charge in [-0.25, -0.2) is 13.1 Å². The Balaban J connectivity index is 0.00000320. The van der Waals surface area contributed by atoms with Gasteiger partial charge in [0.1, 0.15) is 0 Å². The Morgan fingerprint density at radius 3 is 2.40 bits per heavy atom. The molecule has 9 heteroatoms. The van der Waals surface area contributed by atoms with E-state index in [1.807, 2.05) is 30.3 Å². The summed E-state index contributed by atoms with van der Waals surface area (Å²) in [6, 6.07) is 18.4. The lowest BCUT2D eigenvalue weighted by Gasteiger charge is -2.20. The topological polar surface area (TPSA) is 85.8 Å². The molecule has 0 aromatic heterocycles. The van der Waals surface area contributed by atoms with Gasteiger partial charge < -0.3 is 15.5 Å². The van der Waals surface area contributed by atoms with Gasteiger partial charge in [-0.05, 0) is 36.7 Å². The summed E-state index contributed by atoms with van der Waals surface area (Å²) in [7, 11) is -0.0568. The molecule has 0 saturated carbocycles. The van der Waals surface area contributed by atoms with E-state index < -0.39 is 10.0 Å². The van der Waals surface area contributed by atoms with Gasteiger partial charge in [0.15, 0.2) is 5.96 Å². The molecule has 1 fully saturated rings. The predicted octanol–water partition coefficient (Wildman–Crippen LogP) is 2.30. The van der Waals surface area contributed by atoms with Crippen molar-refractivity contribution < 1.29 is 8.42 Å². The lowest BCUT2D eigenvalue weighted by Crippen LogP contribution is -2.44. The van der Waals surface area contributed by atoms with Gasteiger partial charge in [-0.1, -0.05) is 42.5 Å². The number of anilines is 1. The molecule has 0 bridgehead atoms. The van der Waals surface area contributed by atoms with E-state index in [0.29, 0.717) is 12.6 Å². The number of halogens is 1. The number of aliphatic imine (C=N–C) groups is 1. The van der Waals surface area contributed by atoms with Crippen molar-refractivity contribution in [2.24, 2.45) is 4.99 Å². The Morgan fingerprint density at radius 2 is 1.77 bits per heavy atom. The van der Waals surface area contributed by atoms with Crippen molar-refractivity contribution in [2.45, 2.75) is 24.8 Å². The molecule has 0 amide bonds. The van der Waals surface area contributed by atoms with Crippen LogP contribution in [0.5, 0.6) is 0 Å². The Kier molecular flexibility index (Phi) is 9.37. The van der Waals surface area contributed by atoms with Gasteiger partial charge in [0.05, 0.1) is 5.75 Å². The maximum absolute atomic E-state index is 11.6. The fraction of sp³-hybridized carbons (Fsp3) is 0.381. The van der Waals surface area contributed by atoms with Crippen LogP contribution in [0, 0.1) is 0 Å². The van der Waals surface area contributed by atoms with E-state index in [2.05, 4.69) is 49.5 Å². The molecule has 1 aliphatic heterocycles. The SMILES string of the molecule is CN=C(NCc1ccc(CS(=O)(=O)NC)cc1)NC1CCN(c2ccccc2)C1.I. The number of nitrogens with zero attached hydrogens (tertiary/aromatic N) is 2. The van der Waals surface area contributed by atoms with Crippen molar-refractivity contribution in [3.05, 3.63) is 65.7 Å². The number of nitrogens with one attached hydrogen (secondary N) is 3. The predicted molar refractivity (Wildman–Crippen MR) is 134 cm³/mol. The van der Waals surface area contributed by atoms with Crippen LogP contribution in [-0.4, -0.2) is 47.6 Å². The molecule has 164 valence electrons. The Labute approximate surface area is 196 Å². The van der Waals surface area contributed by atoms with Crippen LogP contribution < -0.4 is 20.3 Å². The molecule has 3 rings (SSSR count). The van der Waals surface area contributed by atoms with Crippen molar-refractivity contribution in [3.8, 4) is 0 Å². The molecular formula is C21H30IN5O2S. The average Bonchev–Trinajstić information content (AvgIpc) is 3.21. The van der Waals surface area contributed by atoms with Gasteiger partial charge in [-0.15, -0.1) is 24.0 Å². The molecule has 1 saturated heterocycles. The van der Waals surface area contributed by atoms with Crippen LogP contribution in [-0.2, 0) is 22.3 Å². The zero-order valence-corrected chi connectivity index (χ0v) is 20.5. The standard InChI is InChI=1S/C21H29N5O2S.HI/c1-22-21(25-19-12-13-26(15-19)20-6-4-3-5-7-20)24-14-17-8-10-18(11-9-17)16-29(27,28)23-2;/h3-11,19,23H,12-16H2,1-2H3,(H2,22,24,25);1H. The largest absolute Gasteiger partial charge is 0.369 e. The van der Waals surface area contributed by atoms with Crippen molar-refractivity contribution in [3.63, 3.8) is 0 Å². The first-order chi connectivity index (χ1) is 14.0. The number of rotatable bonds is 7. The van der Waals surface area contributed by atoms with Crippen LogP contribution >= 0.6 is 24.0 Å². The van der Waals surface area contributed by atoms with E-state index in [-0.39, 0.29) is 29.7 Å². The van der Waals surface area contributed by atoms with Crippen LogP contribution in [0.25, 0.3) is 0 Å². The van der Waals surface area contributed by atoms with Gasteiger partial charge in [0, 0.05) is 38.4 Å². The molecule has 7 nitrogen and oxygen atoms in total. The monoisotopic (exact) mass is 543 g/mol. The average molecular weight is 543 g/mol. The minimum absolute atomic E-state index is 0. The van der Waals surface area contributed by atoms with Gasteiger partial charge in [0.2, 0.25) is 10.0 Å². The van der Waals surface area contributed by atoms with E-state index in [4.69, 9.17) is 0 Å². The molecule has 1 unspecified atom stereocenters. The van der Waals surface area contributed by atoms with Crippen molar-refractivity contribution in [2.75, 3.05) is 32.1 Å². The summed E-state index contributed by atoms with van der Waals surface area (Å²) < 4.78 is 25.6. The van der Waals surface area contributed by atoms with Gasteiger partial charge in [-0.2, -0.15) is 0 Å². The molecule has 1 atom stereocenters. The van der Waals surface area contributed by atoms with E-state index in [0.717, 1.165) is 36.6 Å². The summed E-state index contributed by atoms with van der Waals surface area (Å²) >= 11 is 0. The number of hydrogen-bond acceptors (Lipinski definition) is 4.